The van der Waals surface area contributed by atoms with E-state index in [1.165, 1.54) is 5.56 Å². The number of hydrogen-bond acceptors (Lipinski definition) is 2. The van der Waals surface area contributed by atoms with Crippen molar-refractivity contribution in [2.45, 2.75) is 57.6 Å². The van der Waals surface area contributed by atoms with E-state index in [1.807, 2.05) is 24.3 Å². The Morgan fingerprint density at radius 2 is 1.85 bits per heavy atom. The van der Waals surface area contributed by atoms with Gasteiger partial charge in [0, 0.05) is 5.69 Å². The highest BCUT2D eigenvalue weighted by Gasteiger charge is 2.24. The highest BCUT2D eigenvalue weighted by molar-refractivity contribution is 5.89. The lowest BCUT2D eigenvalue weighted by Gasteiger charge is -2.28. The number of rotatable bonds is 3. The lowest BCUT2D eigenvalue weighted by Crippen LogP contribution is -2.46. The third-order valence-electron chi connectivity index (χ3n) is 3.88. The van der Waals surface area contributed by atoms with Crippen LogP contribution in [0.15, 0.2) is 24.3 Å². The van der Waals surface area contributed by atoms with Gasteiger partial charge in [-0.3, -0.25) is 0 Å². The molecule has 110 valence electrons. The van der Waals surface area contributed by atoms with E-state index in [4.69, 9.17) is 0 Å². The third kappa shape index (κ3) is 3.97. The molecule has 1 aromatic carbocycles. The van der Waals surface area contributed by atoms with Gasteiger partial charge in [0.05, 0.1) is 12.1 Å². The molecule has 3 N–H and O–H groups in total. The maximum atomic E-state index is 11.9. The molecule has 2 unspecified atom stereocenters. The van der Waals surface area contributed by atoms with E-state index in [0.717, 1.165) is 31.4 Å². The number of aliphatic hydroxyl groups is 1. The lowest BCUT2D eigenvalue weighted by molar-refractivity contribution is 0.0955. The third-order valence-corrected chi connectivity index (χ3v) is 3.88. The van der Waals surface area contributed by atoms with Crippen LogP contribution in [0.4, 0.5) is 10.5 Å². The van der Waals surface area contributed by atoms with Gasteiger partial charge in [0.15, 0.2) is 0 Å². The van der Waals surface area contributed by atoms with Crippen molar-refractivity contribution >= 4 is 11.7 Å². The van der Waals surface area contributed by atoms with Gasteiger partial charge in [0.25, 0.3) is 0 Å². The first-order valence-corrected chi connectivity index (χ1v) is 7.42. The van der Waals surface area contributed by atoms with Crippen LogP contribution in [0.25, 0.3) is 0 Å². The Morgan fingerprint density at radius 1 is 1.20 bits per heavy atom. The van der Waals surface area contributed by atoms with Crippen molar-refractivity contribution in [3.05, 3.63) is 29.8 Å². The minimum atomic E-state index is -0.419. The van der Waals surface area contributed by atoms with Crippen molar-refractivity contribution in [1.82, 2.24) is 5.32 Å². The summed E-state index contributed by atoms with van der Waals surface area (Å²) >= 11 is 0. The van der Waals surface area contributed by atoms with Gasteiger partial charge in [0.1, 0.15) is 0 Å². The number of nitrogens with one attached hydrogen (secondary N) is 2. The minimum absolute atomic E-state index is 0.126. The highest BCUT2D eigenvalue weighted by Crippen LogP contribution is 2.19. The molecular weight excluding hydrogens is 252 g/mol. The second kappa shape index (κ2) is 6.75. The van der Waals surface area contributed by atoms with Gasteiger partial charge in [-0.2, -0.15) is 0 Å². The Bertz CT molecular complexity index is 442. The second-order valence-electron chi connectivity index (χ2n) is 5.83. The Labute approximate surface area is 120 Å². The van der Waals surface area contributed by atoms with Crippen LogP contribution in [-0.2, 0) is 0 Å². The molecule has 2 atom stereocenters. The molecule has 1 fully saturated rings. The fourth-order valence-corrected chi connectivity index (χ4v) is 2.57. The molecule has 4 nitrogen and oxygen atoms in total. The van der Waals surface area contributed by atoms with Crippen LogP contribution in [0.1, 0.15) is 51.0 Å². The summed E-state index contributed by atoms with van der Waals surface area (Å²) in [6.45, 7) is 4.28. The normalized spacial score (nSPS) is 22.6. The van der Waals surface area contributed by atoms with E-state index in [0.29, 0.717) is 5.92 Å². The Hall–Kier alpha value is -1.55. The number of benzene rings is 1. The summed E-state index contributed by atoms with van der Waals surface area (Å²) in [6.07, 6.45) is 3.30. The fraction of sp³-hybridized carbons (Fsp3) is 0.562. The molecule has 1 aliphatic rings. The van der Waals surface area contributed by atoms with Crippen molar-refractivity contribution in [3.8, 4) is 0 Å². The van der Waals surface area contributed by atoms with E-state index < -0.39 is 6.10 Å². The van der Waals surface area contributed by atoms with Crippen LogP contribution in [0, 0.1) is 0 Å². The van der Waals surface area contributed by atoms with Crippen LogP contribution < -0.4 is 10.6 Å². The van der Waals surface area contributed by atoms with E-state index in [9.17, 15) is 9.90 Å². The monoisotopic (exact) mass is 276 g/mol. The molecule has 2 amide bonds. The Balaban J connectivity index is 1.87. The summed E-state index contributed by atoms with van der Waals surface area (Å²) < 4.78 is 0. The van der Waals surface area contributed by atoms with Crippen LogP contribution in [0.5, 0.6) is 0 Å². The molecule has 0 saturated heterocycles. The Kier molecular flexibility index (Phi) is 5.01. The highest BCUT2D eigenvalue weighted by atomic mass is 16.3. The zero-order valence-corrected chi connectivity index (χ0v) is 12.2. The number of amides is 2. The maximum Gasteiger partial charge on any atom is 0.319 e. The zero-order valence-electron chi connectivity index (χ0n) is 12.2. The van der Waals surface area contributed by atoms with Crippen LogP contribution in [0.2, 0.25) is 0 Å². The maximum absolute atomic E-state index is 11.9. The van der Waals surface area contributed by atoms with Crippen molar-refractivity contribution in [2.75, 3.05) is 5.32 Å². The summed E-state index contributed by atoms with van der Waals surface area (Å²) in [4.78, 5) is 11.9. The SMILES string of the molecule is CC(C)c1ccc(NC(=O)NC2CCCCC2O)cc1. The molecule has 4 heteroatoms. The lowest BCUT2D eigenvalue weighted by atomic mass is 9.93. The number of carbonyl (C=O) groups excluding carboxylic acids is 1. The fourth-order valence-electron chi connectivity index (χ4n) is 2.57. The second-order valence-corrected chi connectivity index (χ2v) is 5.83. The molecule has 1 aliphatic carbocycles. The first-order chi connectivity index (χ1) is 9.56. The Morgan fingerprint density at radius 3 is 2.45 bits per heavy atom. The smallest absolute Gasteiger partial charge is 0.319 e. The minimum Gasteiger partial charge on any atom is -0.391 e. The predicted molar refractivity (Wildman–Crippen MR) is 80.9 cm³/mol. The van der Waals surface area contributed by atoms with Crippen molar-refractivity contribution < 1.29 is 9.90 Å². The number of aliphatic hydroxyl groups excluding tert-OH is 1. The largest absolute Gasteiger partial charge is 0.391 e. The molecule has 1 saturated carbocycles. The summed E-state index contributed by atoms with van der Waals surface area (Å²) in [5.74, 6) is 0.482. The first-order valence-electron chi connectivity index (χ1n) is 7.42. The molecule has 0 spiro atoms. The van der Waals surface area contributed by atoms with E-state index in [2.05, 4.69) is 24.5 Å². The van der Waals surface area contributed by atoms with E-state index >= 15 is 0 Å². The van der Waals surface area contributed by atoms with Crippen LogP contribution in [0.3, 0.4) is 0 Å². The summed E-state index contributed by atoms with van der Waals surface area (Å²) in [7, 11) is 0. The van der Waals surface area contributed by atoms with Gasteiger partial charge >= 0.3 is 6.03 Å². The molecule has 0 bridgehead atoms. The van der Waals surface area contributed by atoms with Crippen molar-refractivity contribution in [2.24, 2.45) is 0 Å². The first kappa shape index (κ1) is 14.9. The summed E-state index contributed by atoms with van der Waals surface area (Å²) in [5, 5.41) is 15.5. The van der Waals surface area contributed by atoms with Gasteiger partial charge in [-0.05, 0) is 36.5 Å². The van der Waals surface area contributed by atoms with Gasteiger partial charge in [0.2, 0.25) is 0 Å². The van der Waals surface area contributed by atoms with Gasteiger partial charge in [-0.15, -0.1) is 0 Å². The summed E-state index contributed by atoms with van der Waals surface area (Å²) in [5.41, 5.74) is 2.02. The average molecular weight is 276 g/mol. The van der Waals surface area contributed by atoms with Crippen LogP contribution >= 0.6 is 0 Å². The molecule has 2 rings (SSSR count). The number of carbonyl (C=O) groups is 1. The average Bonchev–Trinajstić information content (AvgIpc) is 2.42. The van der Waals surface area contributed by atoms with Gasteiger partial charge < -0.3 is 15.7 Å². The number of anilines is 1. The van der Waals surface area contributed by atoms with Crippen LogP contribution in [-0.4, -0.2) is 23.3 Å². The number of hydrogen-bond donors (Lipinski definition) is 3. The molecule has 0 radical (unpaired) electrons. The van der Waals surface area contributed by atoms with Gasteiger partial charge in [-0.25, -0.2) is 4.79 Å². The van der Waals surface area contributed by atoms with E-state index in [-0.39, 0.29) is 12.1 Å². The molecular formula is C16H24N2O2. The quantitative estimate of drug-likeness (QED) is 0.793. The standard InChI is InChI=1S/C16H24N2O2/c1-11(2)12-7-9-13(10-8-12)17-16(20)18-14-5-3-4-6-15(14)19/h7-11,14-15,19H,3-6H2,1-2H3,(H2,17,18,20). The zero-order chi connectivity index (χ0) is 14.5. The molecule has 1 aromatic rings. The van der Waals surface area contributed by atoms with Crippen molar-refractivity contribution in [3.63, 3.8) is 0 Å². The number of urea groups is 1. The molecule has 20 heavy (non-hydrogen) atoms. The molecule has 0 aromatic heterocycles. The van der Waals surface area contributed by atoms with Gasteiger partial charge in [-0.1, -0.05) is 38.8 Å². The topological polar surface area (TPSA) is 61.4 Å². The molecule has 0 aliphatic heterocycles. The summed E-state index contributed by atoms with van der Waals surface area (Å²) in [6, 6.07) is 7.50. The predicted octanol–water partition coefficient (Wildman–Crippen LogP) is 3.24. The van der Waals surface area contributed by atoms with E-state index in [1.54, 1.807) is 0 Å². The van der Waals surface area contributed by atoms with Crippen molar-refractivity contribution in [1.29, 1.82) is 0 Å². The molecule has 0 heterocycles.